The van der Waals surface area contributed by atoms with Crippen molar-refractivity contribution in [2.24, 2.45) is 5.92 Å². The molecule has 1 aliphatic heterocycles. The van der Waals surface area contributed by atoms with Crippen LogP contribution in [0.15, 0.2) is 36.4 Å². The first kappa shape index (κ1) is 26.4. The number of nitriles is 1. The van der Waals surface area contributed by atoms with Gasteiger partial charge in [-0.3, -0.25) is 19.4 Å². The maximum Gasteiger partial charge on any atom is 0.417 e. The lowest BCUT2D eigenvalue weighted by molar-refractivity contribution is -0.137. The van der Waals surface area contributed by atoms with Gasteiger partial charge in [0.2, 0.25) is 0 Å². The number of amides is 3. The quantitative estimate of drug-likeness (QED) is 0.387. The molecule has 3 amide bonds. The SMILES string of the molecule is CC(C)CONC(=O)c1ccc(N2C(=O)N(c3ccc(C#N)c(C(F)(F)F)c3)[C@@H]3CCCC[C@H]32)cc1F. The Morgan fingerprint density at radius 1 is 1.11 bits per heavy atom. The maximum atomic E-state index is 15.0. The Labute approximate surface area is 211 Å². The third kappa shape index (κ3) is 5.25. The van der Waals surface area contributed by atoms with Crippen molar-refractivity contribution >= 4 is 23.3 Å². The Hall–Kier alpha value is -3.65. The van der Waals surface area contributed by atoms with Gasteiger partial charge in [-0.15, -0.1) is 0 Å². The summed E-state index contributed by atoms with van der Waals surface area (Å²) in [6, 6.07) is 7.09. The second-order valence-corrected chi connectivity index (χ2v) is 9.58. The molecule has 2 aromatic carbocycles. The standard InChI is InChI=1S/C26H26F4N4O3/c1-15(2)14-37-32-24(35)19-10-9-18(12-21(19)27)34-23-6-4-3-5-22(23)33(25(34)36)17-8-7-16(13-31)20(11-17)26(28,29)30/h7-12,15,22-23H,3-6,14H2,1-2H3,(H,32,35)/t22-,23-/m1/s1. The fourth-order valence-electron chi connectivity index (χ4n) is 4.88. The first-order chi connectivity index (χ1) is 17.5. The van der Waals surface area contributed by atoms with E-state index < -0.39 is 41.1 Å². The number of nitrogens with one attached hydrogen (secondary N) is 1. The summed E-state index contributed by atoms with van der Waals surface area (Å²) in [5, 5.41) is 9.12. The van der Waals surface area contributed by atoms with Gasteiger partial charge < -0.3 is 0 Å². The lowest BCUT2D eigenvalue weighted by Gasteiger charge is -2.32. The number of rotatable bonds is 6. The molecule has 4 rings (SSSR count). The van der Waals surface area contributed by atoms with E-state index in [1.165, 1.54) is 28.0 Å². The van der Waals surface area contributed by atoms with Crippen LogP contribution in [-0.4, -0.2) is 30.6 Å². The number of benzene rings is 2. The van der Waals surface area contributed by atoms with Gasteiger partial charge in [-0.05, 0) is 55.2 Å². The summed E-state index contributed by atoms with van der Waals surface area (Å²) in [6.45, 7) is 4.02. The number of fused-ring (bicyclic) bond motifs is 1. The van der Waals surface area contributed by atoms with Crippen LogP contribution in [0, 0.1) is 23.1 Å². The van der Waals surface area contributed by atoms with E-state index in [1.54, 1.807) is 6.07 Å². The van der Waals surface area contributed by atoms with E-state index in [0.29, 0.717) is 12.8 Å². The van der Waals surface area contributed by atoms with Crippen molar-refractivity contribution in [1.29, 1.82) is 5.26 Å². The van der Waals surface area contributed by atoms with E-state index in [9.17, 15) is 27.2 Å². The summed E-state index contributed by atoms with van der Waals surface area (Å²) < 4.78 is 55.7. The van der Waals surface area contributed by atoms with Crippen LogP contribution in [0.25, 0.3) is 0 Å². The van der Waals surface area contributed by atoms with Crippen LogP contribution in [0.1, 0.15) is 61.0 Å². The highest BCUT2D eigenvalue weighted by Crippen LogP contribution is 2.42. The number of urea groups is 1. The fourth-order valence-corrected chi connectivity index (χ4v) is 4.88. The number of hydrogen-bond acceptors (Lipinski definition) is 4. The van der Waals surface area contributed by atoms with Crippen LogP contribution in [0.2, 0.25) is 0 Å². The van der Waals surface area contributed by atoms with Crippen molar-refractivity contribution in [2.75, 3.05) is 16.4 Å². The molecule has 2 aromatic rings. The van der Waals surface area contributed by atoms with E-state index in [2.05, 4.69) is 5.48 Å². The molecular weight excluding hydrogens is 492 g/mol. The van der Waals surface area contributed by atoms with Crippen LogP contribution in [0.3, 0.4) is 0 Å². The summed E-state index contributed by atoms with van der Waals surface area (Å²) in [6.07, 6.45) is -2.04. The minimum atomic E-state index is -4.77. The molecule has 7 nitrogen and oxygen atoms in total. The summed E-state index contributed by atoms with van der Waals surface area (Å²) in [4.78, 5) is 33.6. The number of carbonyl (C=O) groups is 2. The van der Waals surface area contributed by atoms with Crippen molar-refractivity contribution in [2.45, 2.75) is 57.8 Å². The first-order valence-electron chi connectivity index (χ1n) is 12.0. The predicted octanol–water partition coefficient (Wildman–Crippen LogP) is 5.79. The molecule has 2 atom stereocenters. The van der Waals surface area contributed by atoms with Crippen LogP contribution < -0.4 is 15.3 Å². The highest BCUT2D eigenvalue weighted by atomic mass is 19.4. The lowest BCUT2D eigenvalue weighted by Crippen LogP contribution is -2.40. The topological polar surface area (TPSA) is 85.7 Å². The molecular formula is C26H26F4N4O3. The predicted molar refractivity (Wildman–Crippen MR) is 127 cm³/mol. The zero-order chi connectivity index (χ0) is 26.9. The molecule has 2 aliphatic rings. The number of alkyl halides is 3. The van der Waals surface area contributed by atoms with Crippen LogP contribution in [-0.2, 0) is 11.0 Å². The lowest BCUT2D eigenvalue weighted by atomic mass is 9.89. The summed E-state index contributed by atoms with van der Waals surface area (Å²) >= 11 is 0. The number of hydroxylamine groups is 1. The van der Waals surface area contributed by atoms with E-state index in [-0.39, 0.29) is 35.5 Å². The minimum absolute atomic E-state index is 0.0227. The summed E-state index contributed by atoms with van der Waals surface area (Å²) in [5.41, 5.74) is 0.492. The zero-order valence-electron chi connectivity index (χ0n) is 20.3. The molecule has 0 bridgehead atoms. The second-order valence-electron chi connectivity index (χ2n) is 9.58. The maximum absolute atomic E-state index is 15.0. The Balaban J connectivity index is 1.66. The summed E-state index contributed by atoms with van der Waals surface area (Å²) in [5.74, 6) is -1.48. The first-order valence-corrected chi connectivity index (χ1v) is 12.0. The third-order valence-corrected chi connectivity index (χ3v) is 6.53. The number of nitrogens with zero attached hydrogens (tertiary/aromatic N) is 3. The van der Waals surface area contributed by atoms with Gasteiger partial charge in [0.25, 0.3) is 5.91 Å². The van der Waals surface area contributed by atoms with Gasteiger partial charge in [-0.25, -0.2) is 14.7 Å². The fraction of sp³-hybridized carbons (Fsp3) is 0.423. The average Bonchev–Trinajstić information content (AvgIpc) is 3.14. The van der Waals surface area contributed by atoms with Crippen molar-refractivity contribution in [3.05, 3.63) is 58.9 Å². The Morgan fingerprint density at radius 3 is 2.24 bits per heavy atom. The molecule has 0 spiro atoms. The van der Waals surface area contributed by atoms with Crippen molar-refractivity contribution < 1.29 is 32.0 Å². The van der Waals surface area contributed by atoms with E-state index >= 15 is 0 Å². The highest BCUT2D eigenvalue weighted by molar-refractivity contribution is 6.08. The molecule has 0 radical (unpaired) electrons. The third-order valence-electron chi connectivity index (χ3n) is 6.53. The van der Waals surface area contributed by atoms with Crippen molar-refractivity contribution in [3.63, 3.8) is 0 Å². The summed E-state index contributed by atoms with van der Waals surface area (Å²) in [7, 11) is 0. The van der Waals surface area contributed by atoms with Gasteiger partial charge in [0.15, 0.2) is 0 Å². The van der Waals surface area contributed by atoms with Gasteiger partial charge in [-0.1, -0.05) is 26.7 Å². The Morgan fingerprint density at radius 2 is 1.70 bits per heavy atom. The molecule has 1 heterocycles. The molecule has 0 aromatic heterocycles. The molecule has 1 saturated carbocycles. The van der Waals surface area contributed by atoms with Gasteiger partial charge in [-0.2, -0.15) is 18.4 Å². The molecule has 0 unspecified atom stereocenters. The normalized spacial score (nSPS) is 19.7. The van der Waals surface area contributed by atoms with Gasteiger partial charge in [0.1, 0.15) is 5.82 Å². The Kier molecular flexibility index (Phi) is 7.41. The number of anilines is 2. The highest BCUT2D eigenvalue weighted by Gasteiger charge is 2.48. The van der Waals surface area contributed by atoms with Gasteiger partial charge >= 0.3 is 12.2 Å². The molecule has 196 valence electrons. The molecule has 1 N–H and O–H groups in total. The number of carbonyl (C=O) groups excluding carboxylic acids is 2. The monoisotopic (exact) mass is 518 g/mol. The molecule has 1 saturated heterocycles. The number of halogens is 4. The number of hydrogen-bond donors (Lipinski definition) is 1. The minimum Gasteiger partial charge on any atom is -0.289 e. The Bertz CT molecular complexity index is 1240. The largest absolute Gasteiger partial charge is 0.417 e. The van der Waals surface area contributed by atoms with Gasteiger partial charge in [0, 0.05) is 11.4 Å². The van der Waals surface area contributed by atoms with Gasteiger partial charge in [0.05, 0.1) is 41.5 Å². The second kappa shape index (κ2) is 10.4. The molecule has 11 heteroatoms. The zero-order valence-corrected chi connectivity index (χ0v) is 20.3. The van der Waals surface area contributed by atoms with Crippen LogP contribution in [0.4, 0.5) is 33.7 Å². The molecule has 2 fully saturated rings. The smallest absolute Gasteiger partial charge is 0.289 e. The van der Waals surface area contributed by atoms with Crippen molar-refractivity contribution in [1.82, 2.24) is 5.48 Å². The van der Waals surface area contributed by atoms with E-state index in [4.69, 9.17) is 10.1 Å². The van der Waals surface area contributed by atoms with Crippen LogP contribution >= 0.6 is 0 Å². The van der Waals surface area contributed by atoms with E-state index in [1.807, 2.05) is 13.8 Å². The molecule has 1 aliphatic carbocycles. The van der Waals surface area contributed by atoms with Crippen LogP contribution in [0.5, 0.6) is 0 Å². The van der Waals surface area contributed by atoms with E-state index in [0.717, 1.165) is 31.0 Å². The van der Waals surface area contributed by atoms with Crippen molar-refractivity contribution in [3.8, 4) is 6.07 Å². The average molecular weight is 519 g/mol. The molecule has 37 heavy (non-hydrogen) atoms.